The van der Waals surface area contributed by atoms with E-state index in [1.54, 1.807) is 7.11 Å². The lowest BCUT2D eigenvalue weighted by Crippen LogP contribution is -2.50. The Morgan fingerprint density at radius 2 is 2.00 bits per heavy atom. The molecule has 1 rings (SSSR count). The van der Waals surface area contributed by atoms with Crippen molar-refractivity contribution in [3.8, 4) is 0 Å². The van der Waals surface area contributed by atoms with Gasteiger partial charge in [-0.05, 0) is 27.8 Å². The molecule has 0 saturated heterocycles. The first-order chi connectivity index (χ1) is 5.57. The quantitative estimate of drug-likeness (QED) is 0.638. The Hall–Kier alpha value is -0.700. The van der Waals surface area contributed by atoms with Gasteiger partial charge in [0.1, 0.15) is 0 Å². The summed E-state index contributed by atoms with van der Waals surface area (Å²) in [6, 6.07) is 0.455. The number of likely N-dealkylation sites (N-methyl/N-ethyl adjacent to an activating group) is 1. The molecule has 12 heavy (non-hydrogen) atoms. The van der Waals surface area contributed by atoms with Crippen LogP contribution in [0.15, 0.2) is 11.5 Å². The van der Waals surface area contributed by atoms with Gasteiger partial charge in [0.15, 0.2) is 5.88 Å². The molecule has 2 unspecified atom stereocenters. The van der Waals surface area contributed by atoms with Gasteiger partial charge in [0, 0.05) is 11.6 Å². The van der Waals surface area contributed by atoms with E-state index in [1.807, 2.05) is 0 Å². The molecule has 0 saturated carbocycles. The van der Waals surface area contributed by atoms with Crippen LogP contribution in [0.1, 0.15) is 20.8 Å². The number of nitrogens with zero attached hydrogens (tertiary/aromatic N) is 1. The smallest absolute Gasteiger partial charge is 0.188 e. The normalized spacial score (nSPS) is 31.8. The summed E-state index contributed by atoms with van der Waals surface area (Å²) < 4.78 is 5.23. The van der Waals surface area contributed by atoms with Crippen LogP contribution in [0.25, 0.3) is 0 Å². The molecular weight excluding hydrogens is 152 g/mol. The fraction of sp³-hybridized carbons (Fsp3) is 0.778. The summed E-state index contributed by atoms with van der Waals surface area (Å²) >= 11 is 0. The summed E-state index contributed by atoms with van der Waals surface area (Å²) in [6.07, 6.45) is 0.346. The van der Waals surface area contributed by atoms with Crippen molar-refractivity contribution in [1.29, 1.82) is 0 Å². The average Bonchev–Trinajstić information content (AvgIpc) is 2.08. The first kappa shape index (κ1) is 9.39. The summed E-state index contributed by atoms with van der Waals surface area (Å²) in [5, 5.41) is 3.28. The van der Waals surface area contributed by atoms with E-state index in [0.29, 0.717) is 12.2 Å². The maximum absolute atomic E-state index is 5.23. The van der Waals surface area contributed by atoms with E-state index >= 15 is 0 Å². The van der Waals surface area contributed by atoms with E-state index in [4.69, 9.17) is 4.74 Å². The molecule has 0 spiro atoms. The second-order valence-electron chi connectivity index (χ2n) is 3.38. The van der Waals surface area contributed by atoms with E-state index in [1.165, 1.54) is 5.57 Å². The number of hydrogen-bond donors (Lipinski definition) is 1. The molecule has 0 aromatic carbocycles. The molecule has 0 aromatic heterocycles. The van der Waals surface area contributed by atoms with E-state index in [0.717, 1.165) is 5.88 Å². The molecule has 1 aliphatic heterocycles. The van der Waals surface area contributed by atoms with Gasteiger partial charge in [0.25, 0.3) is 0 Å². The molecule has 0 aromatic rings. The average molecular weight is 170 g/mol. The van der Waals surface area contributed by atoms with Crippen LogP contribution in [0.4, 0.5) is 0 Å². The molecule has 2 atom stereocenters. The van der Waals surface area contributed by atoms with E-state index in [2.05, 4.69) is 38.0 Å². The predicted molar refractivity (Wildman–Crippen MR) is 49.5 cm³/mol. The van der Waals surface area contributed by atoms with Crippen LogP contribution in [0.5, 0.6) is 0 Å². The molecule has 0 radical (unpaired) electrons. The van der Waals surface area contributed by atoms with E-state index < -0.39 is 0 Å². The van der Waals surface area contributed by atoms with Crippen LogP contribution >= 0.6 is 0 Å². The minimum Gasteiger partial charge on any atom is -0.482 e. The van der Waals surface area contributed by atoms with Gasteiger partial charge in [-0.3, -0.25) is 4.90 Å². The minimum absolute atomic E-state index is 0.346. The Morgan fingerprint density at radius 3 is 2.50 bits per heavy atom. The summed E-state index contributed by atoms with van der Waals surface area (Å²) in [5.74, 6) is 0.924. The van der Waals surface area contributed by atoms with Crippen molar-refractivity contribution >= 4 is 0 Å². The summed E-state index contributed by atoms with van der Waals surface area (Å²) in [4.78, 5) is 2.28. The van der Waals surface area contributed by atoms with Gasteiger partial charge in [-0.1, -0.05) is 0 Å². The number of methoxy groups -OCH3 is 1. The minimum atomic E-state index is 0.346. The zero-order chi connectivity index (χ0) is 9.30. The summed E-state index contributed by atoms with van der Waals surface area (Å²) in [6.45, 7) is 6.41. The van der Waals surface area contributed by atoms with Crippen molar-refractivity contribution < 1.29 is 4.74 Å². The van der Waals surface area contributed by atoms with Gasteiger partial charge in [0.2, 0.25) is 0 Å². The summed E-state index contributed by atoms with van der Waals surface area (Å²) in [5.41, 5.74) is 1.26. The standard InChI is InChI=1S/C9H18N2O/c1-6-7(2)11(4)8(3)10-9(6)12-5/h7-8,10H,1-5H3. The molecule has 1 heterocycles. The van der Waals surface area contributed by atoms with Gasteiger partial charge in [-0.25, -0.2) is 0 Å². The topological polar surface area (TPSA) is 24.5 Å². The molecule has 0 fully saturated rings. The second-order valence-corrected chi connectivity index (χ2v) is 3.38. The number of hydrogen-bond acceptors (Lipinski definition) is 3. The zero-order valence-electron chi connectivity index (χ0n) is 8.51. The van der Waals surface area contributed by atoms with Crippen molar-refractivity contribution in [3.63, 3.8) is 0 Å². The Kier molecular flexibility index (Phi) is 2.62. The van der Waals surface area contributed by atoms with Crippen molar-refractivity contribution in [2.24, 2.45) is 0 Å². The number of ether oxygens (including phenoxy) is 1. The third-order valence-electron chi connectivity index (χ3n) is 2.75. The molecule has 1 aliphatic rings. The maximum Gasteiger partial charge on any atom is 0.188 e. The monoisotopic (exact) mass is 170 g/mol. The lowest BCUT2D eigenvalue weighted by atomic mass is 10.1. The lowest BCUT2D eigenvalue weighted by Gasteiger charge is -2.38. The van der Waals surface area contributed by atoms with Crippen molar-refractivity contribution in [2.75, 3.05) is 14.2 Å². The first-order valence-corrected chi connectivity index (χ1v) is 4.31. The molecule has 0 bridgehead atoms. The van der Waals surface area contributed by atoms with Crippen LogP contribution in [-0.2, 0) is 4.74 Å². The van der Waals surface area contributed by atoms with Gasteiger partial charge >= 0.3 is 0 Å². The van der Waals surface area contributed by atoms with Crippen LogP contribution in [0.3, 0.4) is 0 Å². The summed E-state index contributed by atoms with van der Waals surface area (Å²) in [7, 11) is 3.81. The van der Waals surface area contributed by atoms with Crippen molar-refractivity contribution in [2.45, 2.75) is 33.0 Å². The van der Waals surface area contributed by atoms with Crippen molar-refractivity contribution in [3.05, 3.63) is 11.5 Å². The van der Waals surface area contributed by atoms with Crippen LogP contribution < -0.4 is 5.32 Å². The highest BCUT2D eigenvalue weighted by molar-refractivity contribution is 5.15. The van der Waals surface area contributed by atoms with Crippen molar-refractivity contribution in [1.82, 2.24) is 10.2 Å². The fourth-order valence-corrected chi connectivity index (χ4v) is 1.46. The van der Waals surface area contributed by atoms with Crippen LogP contribution in [-0.4, -0.2) is 31.3 Å². The third kappa shape index (κ3) is 1.41. The molecule has 0 aliphatic carbocycles. The third-order valence-corrected chi connectivity index (χ3v) is 2.75. The first-order valence-electron chi connectivity index (χ1n) is 4.31. The molecule has 0 amide bonds. The Morgan fingerprint density at radius 1 is 1.42 bits per heavy atom. The predicted octanol–water partition coefficient (Wildman–Crippen LogP) is 1.13. The SMILES string of the molecule is COC1=C(C)C(C)N(C)C(C)N1. The largest absolute Gasteiger partial charge is 0.482 e. The number of rotatable bonds is 1. The fourth-order valence-electron chi connectivity index (χ4n) is 1.46. The highest BCUT2D eigenvalue weighted by Gasteiger charge is 2.25. The van der Waals surface area contributed by atoms with Gasteiger partial charge in [0.05, 0.1) is 13.3 Å². The van der Waals surface area contributed by atoms with Gasteiger partial charge < -0.3 is 10.1 Å². The lowest BCUT2D eigenvalue weighted by molar-refractivity contribution is 0.125. The molecular formula is C9H18N2O. The Balaban J connectivity index is 2.87. The second kappa shape index (κ2) is 3.35. The molecule has 3 nitrogen and oxygen atoms in total. The van der Waals surface area contributed by atoms with Gasteiger partial charge in [-0.2, -0.15) is 0 Å². The van der Waals surface area contributed by atoms with Crippen LogP contribution in [0, 0.1) is 0 Å². The Bertz CT molecular complexity index is 201. The van der Waals surface area contributed by atoms with Crippen LogP contribution in [0.2, 0.25) is 0 Å². The highest BCUT2D eigenvalue weighted by Crippen LogP contribution is 2.19. The number of nitrogens with one attached hydrogen (secondary N) is 1. The maximum atomic E-state index is 5.23. The zero-order valence-corrected chi connectivity index (χ0v) is 8.51. The highest BCUT2D eigenvalue weighted by atomic mass is 16.5. The molecule has 3 heteroatoms. The van der Waals surface area contributed by atoms with E-state index in [9.17, 15) is 0 Å². The molecule has 1 N–H and O–H groups in total. The Labute approximate surface area is 74.4 Å². The van der Waals surface area contributed by atoms with Gasteiger partial charge in [-0.15, -0.1) is 0 Å². The van der Waals surface area contributed by atoms with E-state index in [-0.39, 0.29) is 0 Å². The molecule has 70 valence electrons.